The molecule has 2 aliphatic carbocycles. The van der Waals surface area contributed by atoms with Gasteiger partial charge in [-0.1, -0.05) is 6.92 Å². The molecule has 3 aliphatic rings. The Hall–Kier alpha value is -0.200. The summed E-state index contributed by atoms with van der Waals surface area (Å²) in [5.74, 6) is 0.881. The average Bonchev–Trinajstić information content (AvgIpc) is 2.72. The van der Waals surface area contributed by atoms with Gasteiger partial charge < -0.3 is 10.4 Å². The van der Waals surface area contributed by atoms with Crippen molar-refractivity contribution in [1.82, 2.24) is 15.0 Å². The van der Waals surface area contributed by atoms with Crippen molar-refractivity contribution in [1.29, 1.82) is 0 Å². The Morgan fingerprint density at radius 1 is 1.00 bits per heavy atom. The molecule has 3 fully saturated rings. The minimum absolute atomic E-state index is 0.194. The lowest BCUT2D eigenvalue weighted by Gasteiger charge is -2.43. The van der Waals surface area contributed by atoms with Crippen LogP contribution in [0.15, 0.2) is 0 Å². The van der Waals surface area contributed by atoms with Crippen molar-refractivity contribution in [2.24, 2.45) is 5.92 Å². The quantitative estimate of drug-likeness (QED) is 0.794. The lowest BCUT2D eigenvalue weighted by molar-refractivity contribution is -0.0968. The highest BCUT2D eigenvalue weighted by Crippen LogP contribution is 2.41. The van der Waals surface area contributed by atoms with Gasteiger partial charge in [-0.15, -0.1) is 0 Å². The second-order valence-corrected chi connectivity index (χ2v) is 7.56. The summed E-state index contributed by atoms with van der Waals surface area (Å²) < 4.78 is 0. The predicted molar refractivity (Wildman–Crippen MR) is 82.7 cm³/mol. The van der Waals surface area contributed by atoms with Gasteiger partial charge in [0.05, 0.1) is 6.17 Å². The Labute approximate surface area is 128 Å². The summed E-state index contributed by atoms with van der Waals surface area (Å²) in [6.45, 7) is 4.67. The van der Waals surface area contributed by atoms with Gasteiger partial charge >= 0.3 is 0 Å². The highest BCUT2D eigenvalue weighted by atomic mass is 16.8. The molecule has 1 saturated heterocycles. The van der Waals surface area contributed by atoms with Crippen LogP contribution in [0, 0.1) is 11.1 Å². The lowest BCUT2D eigenvalue weighted by Crippen LogP contribution is -2.50. The van der Waals surface area contributed by atoms with Crippen molar-refractivity contribution < 1.29 is 5.21 Å². The van der Waals surface area contributed by atoms with Crippen molar-refractivity contribution in [3.05, 3.63) is 5.21 Å². The van der Waals surface area contributed by atoms with E-state index in [-0.39, 0.29) is 11.3 Å². The van der Waals surface area contributed by atoms with Crippen molar-refractivity contribution in [3.63, 3.8) is 0 Å². The van der Waals surface area contributed by atoms with Crippen LogP contribution in [0.2, 0.25) is 0 Å². The summed E-state index contributed by atoms with van der Waals surface area (Å²) in [5, 5.41) is 20.7. The second kappa shape index (κ2) is 6.13. The van der Waals surface area contributed by atoms with Crippen LogP contribution < -0.4 is 0 Å². The minimum atomic E-state index is -0.216. The highest BCUT2D eigenvalue weighted by molar-refractivity contribution is 5.03. The Bertz CT molecular complexity index is 357. The molecule has 0 spiro atoms. The number of hydrogen-bond donors (Lipinski definition) is 1. The number of nitrogens with zero attached hydrogens (tertiary/aromatic N) is 3. The van der Waals surface area contributed by atoms with E-state index >= 15 is 0 Å². The van der Waals surface area contributed by atoms with E-state index in [1.807, 2.05) is 0 Å². The molecule has 1 heterocycles. The molecule has 0 bridgehead atoms. The topological polar surface area (TPSA) is 53.0 Å². The van der Waals surface area contributed by atoms with Crippen LogP contribution in [0.1, 0.15) is 58.8 Å². The molecule has 1 aliphatic heterocycles. The number of fused-ring (bicyclic) bond motifs is 1. The van der Waals surface area contributed by atoms with Crippen molar-refractivity contribution in [2.45, 2.75) is 89.1 Å². The third-order valence-corrected chi connectivity index (χ3v) is 6.40. The van der Waals surface area contributed by atoms with Crippen LogP contribution in [0.4, 0.5) is 0 Å². The van der Waals surface area contributed by atoms with Gasteiger partial charge in [-0.2, -0.15) is 0 Å². The van der Waals surface area contributed by atoms with Crippen LogP contribution in [0.25, 0.3) is 0 Å². The van der Waals surface area contributed by atoms with Gasteiger partial charge in [0.1, 0.15) is 0 Å². The largest absolute Gasteiger partial charge is 0.762 e. The fourth-order valence-electron chi connectivity index (χ4n) is 4.98. The first-order valence-electron chi connectivity index (χ1n) is 8.63. The fraction of sp³-hybridized carbons (Fsp3) is 1.00. The molecule has 122 valence electrons. The minimum Gasteiger partial charge on any atom is -0.762 e. The Morgan fingerprint density at radius 3 is 2.29 bits per heavy atom. The average molecular weight is 296 g/mol. The molecule has 21 heavy (non-hydrogen) atoms. The normalized spacial score (nSPS) is 46.0. The molecule has 0 aromatic rings. The number of likely N-dealkylation sites (N-methyl/N-ethyl adjacent to an activating group) is 1. The van der Waals surface area contributed by atoms with Gasteiger partial charge in [-0.25, -0.2) is 0 Å². The molecular formula is C16H30N3O2-. The highest BCUT2D eigenvalue weighted by Gasteiger charge is 2.48. The fourth-order valence-corrected chi connectivity index (χ4v) is 4.98. The van der Waals surface area contributed by atoms with Gasteiger partial charge in [0.25, 0.3) is 0 Å². The molecule has 4 atom stereocenters. The molecule has 3 rings (SSSR count). The molecule has 4 unspecified atom stereocenters. The first-order chi connectivity index (χ1) is 9.99. The van der Waals surface area contributed by atoms with Gasteiger partial charge in [0.15, 0.2) is 0 Å². The monoisotopic (exact) mass is 296 g/mol. The van der Waals surface area contributed by atoms with E-state index in [9.17, 15) is 10.4 Å². The maximum atomic E-state index is 11.2. The zero-order valence-electron chi connectivity index (χ0n) is 13.6. The Morgan fingerprint density at radius 2 is 1.67 bits per heavy atom. The van der Waals surface area contributed by atoms with E-state index in [2.05, 4.69) is 30.7 Å². The van der Waals surface area contributed by atoms with Crippen LogP contribution in [-0.2, 0) is 0 Å². The molecule has 2 saturated carbocycles. The van der Waals surface area contributed by atoms with Crippen molar-refractivity contribution in [3.8, 4) is 0 Å². The SMILES string of the molecule is CC1CCC(N2C3CCC(N([O-])O)CC3N(C)C2C)CC1. The van der Waals surface area contributed by atoms with Crippen molar-refractivity contribution in [2.75, 3.05) is 7.05 Å². The number of hydroxylamine groups is 2. The number of hydrogen-bond acceptors (Lipinski definition) is 5. The molecule has 5 heteroatoms. The van der Waals surface area contributed by atoms with E-state index in [1.54, 1.807) is 0 Å². The van der Waals surface area contributed by atoms with Gasteiger partial charge in [-0.05, 0) is 64.8 Å². The summed E-state index contributed by atoms with van der Waals surface area (Å²) in [5.41, 5.74) is 0. The maximum absolute atomic E-state index is 11.2. The van der Waals surface area contributed by atoms with Gasteiger partial charge in [0, 0.05) is 24.2 Å². The molecule has 0 aromatic heterocycles. The second-order valence-electron chi connectivity index (χ2n) is 7.56. The molecule has 0 aromatic carbocycles. The van der Waals surface area contributed by atoms with Crippen molar-refractivity contribution >= 4 is 0 Å². The van der Waals surface area contributed by atoms with Crippen LogP contribution in [-0.4, -0.2) is 57.6 Å². The summed E-state index contributed by atoms with van der Waals surface area (Å²) in [6, 6.07) is 1.48. The van der Waals surface area contributed by atoms with E-state index < -0.39 is 0 Å². The number of rotatable bonds is 2. The molecular weight excluding hydrogens is 266 g/mol. The van der Waals surface area contributed by atoms with Gasteiger partial charge in [0.2, 0.25) is 0 Å². The Kier molecular flexibility index (Phi) is 4.58. The third-order valence-electron chi connectivity index (χ3n) is 6.40. The van der Waals surface area contributed by atoms with Crippen LogP contribution >= 0.6 is 0 Å². The zero-order valence-corrected chi connectivity index (χ0v) is 13.6. The smallest absolute Gasteiger partial charge is 0.0599 e. The maximum Gasteiger partial charge on any atom is 0.0599 e. The lowest BCUT2D eigenvalue weighted by atomic mass is 9.83. The van der Waals surface area contributed by atoms with E-state index in [4.69, 9.17) is 0 Å². The first-order valence-corrected chi connectivity index (χ1v) is 8.63. The first kappa shape index (κ1) is 15.7. The third kappa shape index (κ3) is 2.86. The molecule has 5 nitrogen and oxygen atoms in total. The molecule has 0 amide bonds. The predicted octanol–water partition coefficient (Wildman–Crippen LogP) is 2.64. The summed E-state index contributed by atoms with van der Waals surface area (Å²) in [4.78, 5) is 5.16. The summed E-state index contributed by atoms with van der Waals surface area (Å²) >= 11 is 0. The summed E-state index contributed by atoms with van der Waals surface area (Å²) in [7, 11) is 2.18. The van der Waals surface area contributed by atoms with Gasteiger partial charge in [-0.3, -0.25) is 15.0 Å². The summed E-state index contributed by atoms with van der Waals surface area (Å²) in [6.07, 6.45) is 8.45. The zero-order chi connectivity index (χ0) is 15.1. The molecule has 1 N–H and O–H groups in total. The molecule has 0 radical (unpaired) electrons. The van der Waals surface area contributed by atoms with Crippen LogP contribution in [0.3, 0.4) is 0 Å². The standard InChI is InChI=1S/C16H30N3O2/c1-11-4-6-13(7-5-11)18-12(2)17(3)16-10-14(19(20)21)8-9-15(16)18/h11-16,20H,4-10H2,1-3H3/q-1. The van der Waals surface area contributed by atoms with E-state index in [1.165, 1.54) is 25.7 Å². The Balaban J connectivity index is 1.71. The van der Waals surface area contributed by atoms with E-state index in [0.29, 0.717) is 24.3 Å². The van der Waals surface area contributed by atoms with Crippen LogP contribution in [0.5, 0.6) is 0 Å². The van der Waals surface area contributed by atoms with E-state index in [0.717, 1.165) is 25.2 Å².